The molecule has 1 aliphatic rings. The summed E-state index contributed by atoms with van der Waals surface area (Å²) in [6, 6.07) is 12.8. The van der Waals surface area contributed by atoms with E-state index in [0.717, 1.165) is 18.4 Å². The number of hydrogen-bond donors (Lipinski definition) is 1. The molecule has 28 heavy (non-hydrogen) atoms. The Hall–Kier alpha value is -2.53. The molecular formula is C22H25ClN2O3. The summed E-state index contributed by atoms with van der Waals surface area (Å²) in [6.07, 6.45) is 1.01. The van der Waals surface area contributed by atoms with Gasteiger partial charge >= 0.3 is 0 Å². The van der Waals surface area contributed by atoms with E-state index in [1.165, 1.54) is 0 Å². The minimum absolute atomic E-state index is 0.00868. The van der Waals surface area contributed by atoms with Gasteiger partial charge in [-0.25, -0.2) is 0 Å². The van der Waals surface area contributed by atoms with Gasteiger partial charge in [-0.2, -0.15) is 0 Å². The number of hydrogen-bond acceptors (Lipinski definition) is 3. The molecule has 0 spiro atoms. The van der Waals surface area contributed by atoms with E-state index in [9.17, 15) is 9.59 Å². The summed E-state index contributed by atoms with van der Waals surface area (Å²) in [5, 5.41) is 3.61. The van der Waals surface area contributed by atoms with Crippen molar-refractivity contribution in [2.75, 3.05) is 10.2 Å². The Morgan fingerprint density at radius 2 is 1.86 bits per heavy atom. The Morgan fingerprint density at radius 1 is 1.18 bits per heavy atom. The molecule has 0 aromatic heterocycles. The SMILES string of the molecule is CCC(CC)C(=O)Nc1ccc2c(c1)N(Cc1ccc(Cl)cc1)C(=O)C(C)O2. The van der Waals surface area contributed by atoms with Crippen molar-refractivity contribution in [3.8, 4) is 5.75 Å². The maximum Gasteiger partial charge on any atom is 0.268 e. The van der Waals surface area contributed by atoms with E-state index in [2.05, 4.69) is 5.32 Å². The number of amides is 2. The molecule has 3 rings (SSSR count). The van der Waals surface area contributed by atoms with E-state index < -0.39 is 6.10 Å². The molecule has 0 aliphatic carbocycles. The summed E-state index contributed by atoms with van der Waals surface area (Å²) < 4.78 is 5.76. The fourth-order valence-electron chi connectivity index (χ4n) is 3.32. The first kappa shape index (κ1) is 20.2. The highest BCUT2D eigenvalue weighted by Crippen LogP contribution is 2.37. The number of rotatable bonds is 6. The van der Waals surface area contributed by atoms with Crippen LogP contribution in [0, 0.1) is 5.92 Å². The van der Waals surface area contributed by atoms with Crippen molar-refractivity contribution in [1.29, 1.82) is 0 Å². The Kier molecular flexibility index (Phi) is 6.25. The van der Waals surface area contributed by atoms with E-state index in [1.54, 1.807) is 36.1 Å². The van der Waals surface area contributed by atoms with Crippen LogP contribution in [-0.2, 0) is 16.1 Å². The van der Waals surface area contributed by atoms with Crippen LogP contribution in [0.1, 0.15) is 39.2 Å². The zero-order valence-electron chi connectivity index (χ0n) is 16.4. The van der Waals surface area contributed by atoms with Gasteiger partial charge < -0.3 is 15.0 Å². The summed E-state index contributed by atoms with van der Waals surface area (Å²) in [6.45, 7) is 6.15. The average molecular weight is 401 g/mol. The maximum atomic E-state index is 12.8. The van der Waals surface area contributed by atoms with Crippen LogP contribution < -0.4 is 15.0 Å². The summed E-state index contributed by atoms with van der Waals surface area (Å²) >= 11 is 5.97. The minimum Gasteiger partial charge on any atom is -0.479 e. The summed E-state index contributed by atoms with van der Waals surface area (Å²) in [5.74, 6) is 0.470. The molecule has 1 atom stereocenters. The quantitative estimate of drug-likeness (QED) is 0.739. The van der Waals surface area contributed by atoms with Crippen LogP contribution >= 0.6 is 11.6 Å². The summed E-state index contributed by atoms with van der Waals surface area (Å²) in [4.78, 5) is 26.9. The third-order valence-electron chi connectivity index (χ3n) is 5.05. The Bertz CT molecular complexity index is 863. The smallest absolute Gasteiger partial charge is 0.268 e. The Morgan fingerprint density at radius 3 is 2.50 bits per heavy atom. The first-order chi connectivity index (χ1) is 13.4. The van der Waals surface area contributed by atoms with Crippen LogP contribution in [0.15, 0.2) is 42.5 Å². The van der Waals surface area contributed by atoms with Crippen molar-refractivity contribution in [2.24, 2.45) is 5.92 Å². The predicted octanol–water partition coefficient (Wildman–Crippen LogP) is 5.03. The lowest BCUT2D eigenvalue weighted by molar-refractivity contribution is -0.125. The molecule has 0 saturated carbocycles. The van der Waals surface area contributed by atoms with E-state index in [0.29, 0.717) is 28.7 Å². The second-order valence-electron chi connectivity index (χ2n) is 7.00. The second kappa shape index (κ2) is 8.65. The summed E-state index contributed by atoms with van der Waals surface area (Å²) in [5.41, 5.74) is 2.27. The zero-order valence-corrected chi connectivity index (χ0v) is 17.1. The monoisotopic (exact) mass is 400 g/mol. The highest BCUT2D eigenvalue weighted by Gasteiger charge is 2.32. The molecule has 1 heterocycles. The number of nitrogens with one attached hydrogen (secondary N) is 1. The molecule has 1 aliphatic heterocycles. The minimum atomic E-state index is -0.565. The number of nitrogens with zero attached hydrogens (tertiary/aromatic N) is 1. The molecule has 148 valence electrons. The molecule has 5 nitrogen and oxygen atoms in total. The zero-order chi connectivity index (χ0) is 20.3. The second-order valence-corrected chi connectivity index (χ2v) is 7.43. The fraction of sp³-hybridized carbons (Fsp3) is 0.364. The average Bonchev–Trinajstić information content (AvgIpc) is 2.68. The number of ether oxygens (including phenoxy) is 1. The molecule has 0 bridgehead atoms. The fourth-order valence-corrected chi connectivity index (χ4v) is 3.45. The number of halogens is 1. The van der Waals surface area contributed by atoms with Gasteiger partial charge in [-0.3, -0.25) is 9.59 Å². The van der Waals surface area contributed by atoms with Crippen LogP contribution in [0.2, 0.25) is 5.02 Å². The Labute approximate surface area is 170 Å². The van der Waals surface area contributed by atoms with Gasteiger partial charge in [0.15, 0.2) is 6.10 Å². The third-order valence-corrected chi connectivity index (χ3v) is 5.30. The number of anilines is 2. The normalized spacial score (nSPS) is 16.0. The van der Waals surface area contributed by atoms with Crippen LogP contribution in [0.5, 0.6) is 5.75 Å². The van der Waals surface area contributed by atoms with Crippen molar-refractivity contribution in [3.63, 3.8) is 0 Å². The lowest BCUT2D eigenvalue weighted by atomic mass is 10.0. The molecule has 2 amide bonds. The van der Waals surface area contributed by atoms with Gasteiger partial charge in [0.1, 0.15) is 5.75 Å². The van der Waals surface area contributed by atoms with Crippen molar-refractivity contribution in [1.82, 2.24) is 0 Å². The van der Waals surface area contributed by atoms with Gasteiger partial charge in [-0.05, 0) is 55.7 Å². The summed E-state index contributed by atoms with van der Waals surface area (Å²) in [7, 11) is 0. The van der Waals surface area contributed by atoms with Crippen molar-refractivity contribution in [3.05, 3.63) is 53.1 Å². The van der Waals surface area contributed by atoms with Crippen LogP contribution in [0.25, 0.3) is 0 Å². The largest absolute Gasteiger partial charge is 0.479 e. The lowest BCUT2D eigenvalue weighted by Gasteiger charge is -2.33. The number of fused-ring (bicyclic) bond motifs is 1. The van der Waals surface area contributed by atoms with Gasteiger partial charge in [0, 0.05) is 16.6 Å². The molecule has 1 unspecified atom stereocenters. The molecular weight excluding hydrogens is 376 g/mol. The van der Waals surface area contributed by atoms with Gasteiger partial charge in [0.2, 0.25) is 5.91 Å². The number of carbonyl (C=O) groups is 2. The van der Waals surface area contributed by atoms with Gasteiger partial charge in [-0.15, -0.1) is 0 Å². The maximum absolute atomic E-state index is 12.8. The predicted molar refractivity (Wildman–Crippen MR) is 112 cm³/mol. The van der Waals surface area contributed by atoms with Gasteiger partial charge in [0.05, 0.1) is 12.2 Å². The molecule has 0 radical (unpaired) electrons. The van der Waals surface area contributed by atoms with Crippen LogP contribution in [-0.4, -0.2) is 17.9 Å². The molecule has 2 aromatic rings. The number of carbonyl (C=O) groups excluding carboxylic acids is 2. The topological polar surface area (TPSA) is 58.6 Å². The highest BCUT2D eigenvalue weighted by molar-refractivity contribution is 6.30. The Balaban J connectivity index is 1.89. The van der Waals surface area contributed by atoms with Crippen LogP contribution in [0.3, 0.4) is 0 Å². The van der Waals surface area contributed by atoms with Crippen molar-refractivity contribution < 1.29 is 14.3 Å². The first-order valence-corrected chi connectivity index (χ1v) is 9.98. The molecule has 6 heteroatoms. The number of benzene rings is 2. The first-order valence-electron chi connectivity index (χ1n) is 9.60. The van der Waals surface area contributed by atoms with E-state index in [1.807, 2.05) is 32.0 Å². The lowest BCUT2D eigenvalue weighted by Crippen LogP contribution is -2.44. The third kappa shape index (κ3) is 4.30. The highest BCUT2D eigenvalue weighted by atomic mass is 35.5. The van der Waals surface area contributed by atoms with Crippen LogP contribution in [0.4, 0.5) is 11.4 Å². The van der Waals surface area contributed by atoms with E-state index in [4.69, 9.17) is 16.3 Å². The standard InChI is InChI=1S/C22H25ClN2O3/c1-4-16(5-2)21(26)24-18-10-11-20-19(12-18)25(22(27)14(3)28-20)13-15-6-8-17(23)9-7-15/h6-12,14,16H,4-5,13H2,1-3H3,(H,24,26). The van der Waals surface area contributed by atoms with Crippen molar-refractivity contribution >= 4 is 34.8 Å². The molecule has 1 N–H and O–H groups in total. The van der Waals surface area contributed by atoms with Gasteiger partial charge in [-0.1, -0.05) is 37.6 Å². The van der Waals surface area contributed by atoms with Crippen molar-refractivity contribution in [2.45, 2.75) is 46.3 Å². The molecule has 0 saturated heterocycles. The van der Waals surface area contributed by atoms with E-state index >= 15 is 0 Å². The molecule has 0 fully saturated rings. The van der Waals surface area contributed by atoms with Gasteiger partial charge in [0.25, 0.3) is 5.91 Å². The van der Waals surface area contributed by atoms with E-state index in [-0.39, 0.29) is 17.7 Å². The molecule has 2 aromatic carbocycles.